The molecule has 10 N–H and O–H groups in total. The zero-order valence-corrected chi connectivity index (χ0v) is 24.4. The van der Waals surface area contributed by atoms with Crippen LogP contribution in [0.3, 0.4) is 0 Å². The van der Waals surface area contributed by atoms with Crippen LogP contribution < -0.4 is 22.3 Å². The number of rotatable bonds is 2. The number of fused-ring (bicyclic) bond motifs is 4. The monoisotopic (exact) mass is 676 g/mol. The van der Waals surface area contributed by atoms with Crippen LogP contribution in [0.4, 0.5) is 11.8 Å². The predicted octanol–water partition coefficient (Wildman–Crippen LogP) is -2.78. The molecule has 45 heavy (non-hydrogen) atoms. The van der Waals surface area contributed by atoms with E-state index in [4.69, 9.17) is 39.0 Å². The lowest BCUT2D eigenvalue weighted by Gasteiger charge is -2.27. The molecule has 4 aliphatic heterocycles. The largest absolute Gasteiger partial charge is 0.472 e. The van der Waals surface area contributed by atoms with Crippen molar-refractivity contribution in [1.82, 2.24) is 29.1 Å². The summed E-state index contributed by atoms with van der Waals surface area (Å²) in [7, 11) is -10.1. The van der Waals surface area contributed by atoms with Crippen LogP contribution in [0.1, 0.15) is 18.1 Å². The van der Waals surface area contributed by atoms with Gasteiger partial charge in [-0.15, -0.1) is 0 Å². The Bertz CT molecular complexity index is 1830. The Morgan fingerprint density at radius 2 is 1.49 bits per heavy atom. The SMILES string of the molecule is NC1=NCNc2c1ncn2[C@@H]1O[C@@H]2COP(=O)(O)O[C@@H]3C(O)[C@H](n4cnc5c(=O)[nH]c(N)nc54)O[C@@H]3COP(=O)(O)O[C@@H]2C1O. The predicted molar refractivity (Wildman–Crippen MR) is 145 cm³/mol. The molecule has 25 heteroatoms. The molecule has 0 bridgehead atoms. The van der Waals surface area contributed by atoms with Crippen LogP contribution >= 0.6 is 15.6 Å². The number of phosphoric acid groups is 2. The molecule has 7 heterocycles. The molecule has 0 amide bonds. The first-order valence-corrected chi connectivity index (χ1v) is 16.1. The van der Waals surface area contributed by atoms with Gasteiger partial charge in [-0.2, -0.15) is 4.98 Å². The summed E-state index contributed by atoms with van der Waals surface area (Å²) in [5, 5.41) is 25.2. The van der Waals surface area contributed by atoms with E-state index in [-0.39, 0.29) is 35.3 Å². The quantitative estimate of drug-likeness (QED) is 0.127. The van der Waals surface area contributed by atoms with E-state index in [0.717, 1.165) is 10.9 Å². The fourth-order valence-electron chi connectivity index (χ4n) is 5.45. The lowest BCUT2D eigenvalue weighted by Crippen LogP contribution is -2.39. The highest BCUT2D eigenvalue weighted by molar-refractivity contribution is 7.47. The number of hydrogen-bond donors (Lipinski definition) is 8. The third-order valence-corrected chi connectivity index (χ3v) is 9.43. The number of aromatic amines is 1. The Hall–Kier alpha value is -3.31. The zero-order chi connectivity index (χ0) is 31.8. The number of aliphatic imine (C=N–C) groups is 1. The summed E-state index contributed by atoms with van der Waals surface area (Å²) < 4.78 is 61.1. The second kappa shape index (κ2) is 10.9. The third-order valence-electron chi connectivity index (χ3n) is 7.46. The maximum atomic E-state index is 13.1. The lowest BCUT2D eigenvalue weighted by molar-refractivity contribution is -0.0666. The highest BCUT2D eigenvalue weighted by Gasteiger charge is 2.54. The molecular weight excluding hydrogens is 650 g/mol. The molecule has 10 atom stereocenters. The molecule has 0 saturated carbocycles. The molecule has 3 aromatic heterocycles. The van der Waals surface area contributed by atoms with Crippen molar-refractivity contribution in [3.63, 3.8) is 0 Å². The number of phosphoric ester groups is 2. The minimum absolute atomic E-state index is 0.0988. The number of anilines is 2. The van der Waals surface area contributed by atoms with Gasteiger partial charge in [-0.05, 0) is 0 Å². The van der Waals surface area contributed by atoms with E-state index in [2.05, 4.69) is 30.2 Å². The average molecular weight is 676 g/mol. The van der Waals surface area contributed by atoms with Gasteiger partial charge in [0.25, 0.3) is 5.56 Å². The van der Waals surface area contributed by atoms with Gasteiger partial charge in [-0.1, -0.05) is 0 Å². The number of aliphatic hydroxyl groups excluding tert-OH is 2. The Labute approximate surface area is 249 Å². The fourth-order valence-corrected chi connectivity index (χ4v) is 7.38. The number of imidazole rings is 2. The molecule has 23 nitrogen and oxygen atoms in total. The van der Waals surface area contributed by atoms with E-state index in [0.29, 0.717) is 5.82 Å². The van der Waals surface area contributed by atoms with E-state index in [1.807, 2.05) is 0 Å². The van der Waals surface area contributed by atoms with Crippen molar-refractivity contribution in [2.75, 3.05) is 30.9 Å². The summed E-state index contributed by atoms with van der Waals surface area (Å²) in [6, 6.07) is 0. The standard InChI is InChI=1S/C20H26N10O13P2/c21-14-8-15(24-3-23-14)29(4-25-8)18-10(31)12-6(40-18)1-38-45(36,37)43-13-7(2-39-44(34,35)42-12)41-19(11(13)32)30-5-26-9-16(30)27-20(22)28-17(9)33/h4-7,10-13,18-19,24,31-32H,1-3H2,(H2,21,23)(H,34,35)(H,36,37)(H3,22,27,28,33)/t6-,7-,10?,11?,12+,13+,18-,19-/m1/s1. The normalized spacial score (nSPS) is 38.8. The summed E-state index contributed by atoms with van der Waals surface area (Å²) in [4.78, 5) is 51.8. The van der Waals surface area contributed by atoms with Crippen LogP contribution in [0, 0.1) is 0 Å². The average Bonchev–Trinajstić information content (AvgIpc) is 3.72. The maximum absolute atomic E-state index is 13.1. The summed E-state index contributed by atoms with van der Waals surface area (Å²) in [6.45, 7) is -1.53. The molecule has 0 radical (unpaired) electrons. The van der Waals surface area contributed by atoms with Gasteiger partial charge in [0.1, 0.15) is 60.6 Å². The lowest BCUT2D eigenvalue weighted by atomic mass is 10.1. The Morgan fingerprint density at radius 1 is 0.911 bits per heavy atom. The number of nitrogens with two attached hydrogens (primary N) is 2. The number of H-pyrrole nitrogens is 1. The van der Waals surface area contributed by atoms with Crippen molar-refractivity contribution in [2.45, 2.75) is 49.1 Å². The van der Waals surface area contributed by atoms with Crippen molar-refractivity contribution in [1.29, 1.82) is 0 Å². The number of ether oxygens (including phenoxy) is 2. The van der Waals surface area contributed by atoms with E-state index >= 15 is 0 Å². The smallest absolute Gasteiger partial charge is 0.386 e. The van der Waals surface area contributed by atoms with Crippen LogP contribution in [0.25, 0.3) is 11.2 Å². The van der Waals surface area contributed by atoms with Gasteiger partial charge in [0.15, 0.2) is 23.6 Å². The van der Waals surface area contributed by atoms with Gasteiger partial charge >= 0.3 is 15.6 Å². The van der Waals surface area contributed by atoms with E-state index in [9.17, 15) is 33.9 Å². The van der Waals surface area contributed by atoms with Crippen LogP contribution in [-0.4, -0.2) is 111 Å². The summed E-state index contributed by atoms with van der Waals surface area (Å²) in [6.07, 6.45) is -10.0. The number of hydrogen-bond acceptors (Lipinski definition) is 18. The van der Waals surface area contributed by atoms with Crippen molar-refractivity contribution in [3.8, 4) is 0 Å². The number of nitrogen functional groups attached to an aromatic ring is 1. The van der Waals surface area contributed by atoms with Crippen molar-refractivity contribution in [3.05, 3.63) is 28.7 Å². The highest BCUT2D eigenvalue weighted by Crippen LogP contribution is 2.53. The second-order valence-electron chi connectivity index (χ2n) is 10.3. The van der Waals surface area contributed by atoms with E-state index in [1.54, 1.807) is 0 Å². The summed E-state index contributed by atoms with van der Waals surface area (Å²) >= 11 is 0. The topological polar surface area (TPSA) is 328 Å². The third kappa shape index (κ3) is 5.35. The van der Waals surface area contributed by atoms with Crippen LogP contribution in [0.2, 0.25) is 0 Å². The minimum atomic E-state index is -5.04. The molecule has 3 aromatic rings. The number of aromatic nitrogens is 6. The molecule has 244 valence electrons. The number of aliphatic hydroxyl groups is 2. The van der Waals surface area contributed by atoms with Crippen molar-refractivity contribution >= 4 is 44.4 Å². The number of nitrogens with zero attached hydrogens (tertiary/aromatic N) is 6. The second-order valence-corrected chi connectivity index (χ2v) is 13.1. The highest BCUT2D eigenvalue weighted by atomic mass is 31.2. The first-order chi connectivity index (χ1) is 21.3. The van der Waals surface area contributed by atoms with Crippen LogP contribution in [0.5, 0.6) is 0 Å². The summed E-state index contributed by atoms with van der Waals surface area (Å²) in [5.41, 5.74) is 10.8. The molecule has 3 fully saturated rings. The van der Waals surface area contributed by atoms with Gasteiger partial charge in [0.2, 0.25) is 5.95 Å². The Morgan fingerprint density at radius 3 is 2.11 bits per heavy atom. The number of amidine groups is 1. The summed E-state index contributed by atoms with van der Waals surface area (Å²) in [5.74, 6) is 0.185. The molecule has 0 aliphatic carbocycles. The van der Waals surface area contributed by atoms with Crippen molar-refractivity contribution in [2.24, 2.45) is 10.7 Å². The van der Waals surface area contributed by atoms with E-state index in [1.165, 1.54) is 10.9 Å². The molecule has 0 spiro atoms. The molecule has 4 unspecified atom stereocenters. The Kier molecular flexibility index (Phi) is 7.35. The van der Waals surface area contributed by atoms with E-state index < -0.39 is 83.5 Å². The first-order valence-electron chi connectivity index (χ1n) is 13.1. The van der Waals surface area contributed by atoms with Gasteiger partial charge in [-0.25, -0.2) is 24.1 Å². The van der Waals surface area contributed by atoms with Gasteiger partial charge in [0.05, 0.1) is 25.9 Å². The molecule has 7 rings (SSSR count). The molecular formula is C20H26N10O13P2. The Balaban J connectivity index is 1.16. The number of nitrogens with one attached hydrogen (secondary N) is 2. The van der Waals surface area contributed by atoms with Gasteiger partial charge < -0.3 is 46.3 Å². The molecule has 0 aromatic carbocycles. The van der Waals surface area contributed by atoms with Gasteiger partial charge in [-0.3, -0.25) is 37.0 Å². The fraction of sp³-hybridized carbons (Fsp3) is 0.550. The maximum Gasteiger partial charge on any atom is 0.472 e. The molecule has 3 saturated heterocycles. The van der Waals surface area contributed by atoms with Crippen molar-refractivity contribution < 1.29 is 56.7 Å². The minimum Gasteiger partial charge on any atom is -0.386 e. The van der Waals surface area contributed by atoms with Gasteiger partial charge in [0, 0.05) is 0 Å². The van der Waals surface area contributed by atoms with Crippen LogP contribution in [0.15, 0.2) is 22.4 Å². The zero-order valence-electron chi connectivity index (χ0n) is 22.6. The van der Waals surface area contributed by atoms with Crippen LogP contribution in [-0.2, 0) is 36.7 Å². The molecule has 4 aliphatic rings. The first kappa shape index (κ1) is 30.3.